The van der Waals surface area contributed by atoms with Gasteiger partial charge in [-0.25, -0.2) is 4.68 Å². The molecule has 1 rings (SSSR count). The summed E-state index contributed by atoms with van der Waals surface area (Å²) in [6.07, 6.45) is 6.59. The number of anilines is 1. The second-order valence-electron chi connectivity index (χ2n) is 3.86. The molecule has 0 spiro atoms. The molecule has 0 aromatic carbocycles. The third kappa shape index (κ3) is 3.76. The fourth-order valence-corrected chi connectivity index (χ4v) is 1.55. The number of halogens is 1. The van der Waals surface area contributed by atoms with Gasteiger partial charge in [0, 0.05) is 13.1 Å². The Bertz CT molecular complexity index is 492. The molecule has 0 unspecified atom stereocenters. The van der Waals surface area contributed by atoms with Gasteiger partial charge in [0.05, 0.1) is 11.2 Å². The maximum absolute atomic E-state index is 12.0. The number of aromatic nitrogens is 2. The fourth-order valence-electron chi connectivity index (χ4n) is 1.36. The zero-order valence-electron chi connectivity index (χ0n) is 10.6. The van der Waals surface area contributed by atoms with Gasteiger partial charge in [-0.3, -0.25) is 4.79 Å². The molecule has 5 nitrogen and oxygen atoms in total. The maximum atomic E-state index is 12.0. The van der Waals surface area contributed by atoms with Crippen LogP contribution in [0.25, 0.3) is 0 Å². The van der Waals surface area contributed by atoms with E-state index in [0.29, 0.717) is 17.3 Å². The zero-order chi connectivity index (χ0) is 13.5. The van der Waals surface area contributed by atoms with Crippen LogP contribution in [0.2, 0.25) is 5.02 Å². The summed E-state index contributed by atoms with van der Waals surface area (Å²) < 4.78 is 1.21. The number of hydrogen-bond donors (Lipinski definition) is 1. The van der Waals surface area contributed by atoms with Crippen molar-refractivity contribution in [1.82, 2.24) is 14.7 Å². The van der Waals surface area contributed by atoms with E-state index in [1.165, 1.54) is 10.9 Å². The summed E-state index contributed by atoms with van der Waals surface area (Å²) >= 11 is 5.95. The van der Waals surface area contributed by atoms with E-state index < -0.39 is 0 Å². The lowest BCUT2D eigenvalue weighted by Crippen LogP contribution is -2.29. The third-order valence-corrected chi connectivity index (χ3v) is 2.86. The van der Waals surface area contributed by atoms with E-state index in [1.54, 1.807) is 0 Å². The number of nitrogens with zero attached hydrogens (tertiary/aromatic N) is 3. The van der Waals surface area contributed by atoms with Gasteiger partial charge >= 0.3 is 0 Å². The highest BCUT2D eigenvalue weighted by Gasteiger charge is 2.09. The molecule has 0 bridgehead atoms. The molecular formula is C12H17ClN4O. The lowest BCUT2D eigenvalue weighted by Gasteiger charge is -2.15. The molecule has 0 aliphatic carbocycles. The Kier molecular flexibility index (Phi) is 5.69. The van der Waals surface area contributed by atoms with Crippen molar-refractivity contribution in [3.63, 3.8) is 0 Å². The minimum absolute atomic E-state index is 0.138. The van der Waals surface area contributed by atoms with E-state index in [9.17, 15) is 4.79 Å². The van der Waals surface area contributed by atoms with Crippen LogP contribution in [0.5, 0.6) is 0 Å². The van der Waals surface area contributed by atoms with Gasteiger partial charge in [0.2, 0.25) is 0 Å². The highest BCUT2D eigenvalue weighted by atomic mass is 35.5. The van der Waals surface area contributed by atoms with E-state index in [2.05, 4.69) is 28.2 Å². The predicted octanol–water partition coefficient (Wildman–Crippen LogP) is 0.893. The summed E-state index contributed by atoms with van der Waals surface area (Å²) in [6.45, 7) is 4.62. The van der Waals surface area contributed by atoms with E-state index >= 15 is 0 Å². The predicted molar refractivity (Wildman–Crippen MR) is 74.0 cm³/mol. The average Bonchev–Trinajstić information content (AvgIpc) is 2.36. The topological polar surface area (TPSA) is 50.2 Å². The van der Waals surface area contributed by atoms with Crippen LogP contribution in [0, 0.1) is 12.3 Å². The molecule has 0 atom stereocenters. The largest absolute Gasteiger partial charge is 0.378 e. The highest BCUT2D eigenvalue weighted by Crippen LogP contribution is 2.14. The van der Waals surface area contributed by atoms with Crippen molar-refractivity contribution in [1.29, 1.82) is 0 Å². The van der Waals surface area contributed by atoms with E-state index in [4.69, 9.17) is 18.0 Å². The Morgan fingerprint density at radius 3 is 3.00 bits per heavy atom. The molecule has 0 amide bonds. The molecule has 0 saturated carbocycles. The standard InChI is InChI=1S/C12H17ClN4O/c1-4-7-17-12(18)11(10(13)9-15-17)14-6-8-16(3)5-2/h1,9,14H,5-8H2,2-3H3. The minimum atomic E-state index is -0.292. The molecule has 1 N–H and O–H groups in total. The Balaban J connectivity index is 2.79. The monoisotopic (exact) mass is 268 g/mol. The Morgan fingerprint density at radius 2 is 2.39 bits per heavy atom. The first-order chi connectivity index (χ1) is 8.60. The van der Waals surface area contributed by atoms with Crippen molar-refractivity contribution >= 4 is 17.3 Å². The van der Waals surface area contributed by atoms with Crippen LogP contribution in [0.4, 0.5) is 5.69 Å². The third-order valence-electron chi connectivity index (χ3n) is 2.57. The van der Waals surface area contributed by atoms with Crippen molar-refractivity contribution in [3.8, 4) is 12.3 Å². The average molecular weight is 269 g/mol. The van der Waals surface area contributed by atoms with E-state index in [-0.39, 0.29) is 12.1 Å². The lowest BCUT2D eigenvalue weighted by atomic mass is 10.4. The van der Waals surface area contributed by atoms with Crippen LogP contribution in [0.15, 0.2) is 11.0 Å². The molecule has 6 heteroatoms. The molecule has 0 aliphatic heterocycles. The summed E-state index contributed by atoms with van der Waals surface area (Å²) in [4.78, 5) is 14.1. The number of likely N-dealkylation sites (N-methyl/N-ethyl adjacent to an activating group) is 1. The molecule has 1 aromatic rings. The normalized spacial score (nSPS) is 10.4. The van der Waals surface area contributed by atoms with Crippen LogP contribution >= 0.6 is 11.6 Å². The number of hydrogen-bond acceptors (Lipinski definition) is 4. The molecule has 0 saturated heterocycles. The van der Waals surface area contributed by atoms with Crippen molar-refractivity contribution in [3.05, 3.63) is 21.6 Å². The van der Waals surface area contributed by atoms with Crippen LogP contribution in [0.3, 0.4) is 0 Å². The SMILES string of the molecule is C#CCn1ncc(Cl)c(NCCN(C)CC)c1=O. The van der Waals surface area contributed by atoms with Crippen molar-refractivity contribution in [2.45, 2.75) is 13.5 Å². The summed E-state index contributed by atoms with van der Waals surface area (Å²) in [5.74, 6) is 2.38. The number of terminal acetylenes is 1. The van der Waals surface area contributed by atoms with Gasteiger partial charge in [-0.05, 0) is 13.6 Å². The summed E-state index contributed by atoms with van der Waals surface area (Å²) in [5, 5.41) is 7.21. The van der Waals surface area contributed by atoms with Gasteiger partial charge in [0.25, 0.3) is 5.56 Å². The van der Waals surface area contributed by atoms with Gasteiger partial charge < -0.3 is 10.2 Å². The van der Waals surface area contributed by atoms with Gasteiger partial charge in [0.1, 0.15) is 12.2 Å². The summed E-state index contributed by atoms with van der Waals surface area (Å²) in [7, 11) is 2.01. The molecule has 18 heavy (non-hydrogen) atoms. The van der Waals surface area contributed by atoms with Gasteiger partial charge in [-0.15, -0.1) is 6.42 Å². The molecule has 1 heterocycles. The minimum Gasteiger partial charge on any atom is -0.378 e. The van der Waals surface area contributed by atoms with Crippen LogP contribution in [0.1, 0.15) is 6.92 Å². The van der Waals surface area contributed by atoms with Crippen LogP contribution < -0.4 is 10.9 Å². The van der Waals surface area contributed by atoms with Gasteiger partial charge in [-0.2, -0.15) is 5.10 Å². The van der Waals surface area contributed by atoms with Crippen LogP contribution in [-0.4, -0.2) is 41.4 Å². The second kappa shape index (κ2) is 7.04. The van der Waals surface area contributed by atoms with E-state index in [0.717, 1.165) is 13.1 Å². The van der Waals surface area contributed by atoms with Gasteiger partial charge in [0.15, 0.2) is 0 Å². The lowest BCUT2D eigenvalue weighted by molar-refractivity contribution is 0.367. The Labute approximate surface area is 112 Å². The molecule has 0 aliphatic rings. The molecule has 1 aromatic heterocycles. The fraction of sp³-hybridized carbons (Fsp3) is 0.500. The molecule has 98 valence electrons. The Morgan fingerprint density at radius 1 is 1.67 bits per heavy atom. The first-order valence-corrected chi connectivity index (χ1v) is 6.09. The highest BCUT2D eigenvalue weighted by molar-refractivity contribution is 6.32. The first kappa shape index (κ1) is 14.6. The summed E-state index contributed by atoms with van der Waals surface area (Å²) in [5.41, 5.74) is 0.0611. The smallest absolute Gasteiger partial charge is 0.292 e. The quantitative estimate of drug-likeness (QED) is 0.779. The maximum Gasteiger partial charge on any atom is 0.292 e. The van der Waals surface area contributed by atoms with Crippen molar-refractivity contribution in [2.24, 2.45) is 0 Å². The first-order valence-electron chi connectivity index (χ1n) is 5.71. The Hall–Kier alpha value is -1.51. The number of rotatable bonds is 6. The second-order valence-corrected chi connectivity index (χ2v) is 4.26. The molecule has 0 radical (unpaired) electrons. The summed E-state index contributed by atoms with van der Waals surface area (Å²) in [6, 6.07) is 0. The molecule has 0 fully saturated rings. The van der Waals surface area contributed by atoms with Crippen molar-refractivity contribution < 1.29 is 0 Å². The van der Waals surface area contributed by atoms with E-state index in [1.807, 2.05) is 7.05 Å². The van der Waals surface area contributed by atoms with Crippen molar-refractivity contribution in [2.75, 3.05) is 32.0 Å². The zero-order valence-corrected chi connectivity index (χ0v) is 11.4. The molecular weight excluding hydrogens is 252 g/mol. The number of nitrogens with one attached hydrogen (secondary N) is 1. The van der Waals surface area contributed by atoms with Crippen LogP contribution in [-0.2, 0) is 6.54 Å². The van der Waals surface area contributed by atoms with Gasteiger partial charge in [-0.1, -0.05) is 24.4 Å².